The summed E-state index contributed by atoms with van der Waals surface area (Å²) in [6, 6.07) is 10.8. The Kier molecular flexibility index (Phi) is 12.0. The lowest BCUT2D eigenvalue weighted by Gasteiger charge is -2.26. The van der Waals surface area contributed by atoms with Gasteiger partial charge in [-0.25, -0.2) is 4.99 Å². The Hall–Kier alpha value is -1.65. The summed E-state index contributed by atoms with van der Waals surface area (Å²) < 4.78 is 10.9. The Balaban J connectivity index is 0.00000363. The van der Waals surface area contributed by atoms with Crippen molar-refractivity contribution < 1.29 is 9.26 Å². The SMILES string of the molecule is CCNC(=NCc1ccc(CN2CCOCC2)cc1)NCc1cc(C(CC)CC)no1.I. The lowest BCUT2D eigenvalue weighted by molar-refractivity contribution is 0.0342. The first-order valence-electron chi connectivity index (χ1n) is 11.6. The van der Waals surface area contributed by atoms with Crippen LogP contribution in [-0.2, 0) is 24.4 Å². The molecule has 1 saturated heterocycles. The van der Waals surface area contributed by atoms with Crippen molar-refractivity contribution in [2.45, 2.75) is 59.2 Å². The highest BCUT2D eigenvalue weighted by molar-refractivity contribution is 14.0. The lowest BCUT2D eigenvalue weighted by Crippen LogP contribution is -2.36. The molecule has 8 heteroatoms. The fraction of sp³-hybridized carbons (Fsp3) is 0.583. The second-order valence-corrected chi connectivity index (χ2v) is 7.99. The van der Waals surface area contributed by atoms with Crippen LogP contribution in [0.3, 0.4) is 0 Å². The average molecular weight is 556 g/mol. The summed E-state index contributed by atoms with van der Waals surface area (Å²) in [5, 5.41) is 10.9. The number of aromatic nitrogens is 1. The molecule has 1 aliphatic heterocycles. The minimum atomic E-state index is 0. The monoisotopic (exact) mass is 555 g/mol. The van der Waals surface area contributed by atoms with E-state index in [1.807, 2.05) is 0 Å². The average Bonchev–Trinajstić information content (AvgIpc) is 3.27. The molecule has 2 N–H and O–H groups in total. The molecule has 0 aliphatic carbocycles. The minimum absolute atomic E-state index is 0. The number of benzene rings is 1. The zero-order valence-corrected chi connectivity index (χ0v) is 21.9. The van der Waals surface area contributed by atoms with Crippen LogP contribution < -0.4 is 10.6 Å². The number of hydrogen-bond acceptors (Lipinski definition) is 5. The van der Waals surface area contributed by atoms with Crippen LogP contribution in [0, 0.1) is 0 Å². The van der Waals surface area contributed by atoms with Gasteiger partial charge in [0.05, 0.1) is 32.0 Å². The summed E-state index contributed by atoms with van der Waals surface area (Å²) in [6.45, 7) is 13.1. The van der Waals surface area contributed by atoms with E-state index in [0.29, 0.717) is 19.0 Å². The Labute approximate surface area is 209 Å². The summed E-state index contributed by atoms with van der Waals surface area (Å²) >= 11 is 0. The largest absolute Gasteiger partial charge is 0.379 e. The number of guanidine groups is 1. The van der Waals surface area contributed by atoms with Gasteiger partial charge in [-0.15, -0.1) is 24.0 Å². The van der Waals surface area contributed by atoms with E-state index in [0.717, 1.165) is 69.6 Å². The van der Waals surface area contributed by atoms with Gasteiger partial charge in [-0.3, -0.25) is 4.90 Å². The summed E-state index contributed by atoms with van der Waals surface area (Å²) in [7, 11) is 0. The molecule has 1 aromatic carbocycles. The standard InChI is InChI=1S/C24H37N5O2.HI/c1-4-21(5-2)23-15-22(31-28-23)17-27-24(25-6-3)26-16-19-7-9-20(10-8-19)18-29-11-13-30-14-12-29;/h7-10,15,21H,4-6,11-14,16-18H2,1-3H3,(H2,25,26,27);1H. The first-order chi connectivity index (χ1) is 15.2. The van der Waals surface area contributed by atoms with E-state index in [4.69, 9.17) is 14.3 Å². The van der Waals surface area contributed by atoms with Gasteiger partial charge in [0.2, 0.25) is 0 Å². The number of nitrogens with zero attached hydrogens (tertiary/aromatic N) is 3. The van der Waals surface area contributed by atoms with Crippen molar-refractivity contribution >= 4 is 29.9 Å². The van der Waals surface area contributed by atoms with Gasteiger partial charge in [0, 0.05) is 38.2 Å². The number of rotatable bonds is 10. The van der Waals surface area contributed by atoms with E-state index in [-0.39, 0.29) is 24.0 Å². The van der Waals surface area contributed by atoms with Gasteiger partial charge in [0.25, 0.3) is 0 Å². The number of ether oxygens (including phenoxy) is 1. The van der Waals surface area contributed by atoms with Crippen LogP contribution in [0.25, 0.3) is 0 Å². The zero-order valence-electron chi connectivity index (χ0n) is 19.6. The second kappa shape index (κ2) is 14.5. The molecule has 3 rings (SSSR count). The summed E-state index contributed by atoms with van der Waals surface area (Å²) in [5.74, 6) is 2.07. The molecular formula is C24H38IN5O2. The third-order valence-corrected chi connectivity index (χ3v) is 5.71. The van der Waals surface area contributed by atoms with Crippen LogP contribution in [0.2, 0.25) is 0 Å². The van der Waals surface area contributed by atoms with E-state index < -0.39 is 0 Å². The normalized spacial score (nSPS) is 14.9. The Morgan fingerprint density at radius 3 is 2.41 bits per heavy atom. The van der Waals surface area contributed by atoms with Gasteiger partial charge in [-0.2, -0.15) is 0 Å². The molecule has 0 saturated carbocycles. The van der Waals surface area contributed by atoms with Crippen molar-refractivity contribution in [2.24, 2.45) is 4.99 Å². The van der Waals surface area contributed by atoms with Crippen molar-refractivity contribution in [3.8, 4) is 0 Å². The van der Waals surface area contributed by atoms with E-state index in [2.05, 4.69) is 71.8 Å². The molecule has 0 atom stereocenters. The molecule has 2 heterocycles. The van der Waals surface area contributed by atoms with Crippen molar-refractivity contribution in [2.75, 3.05) is 32.8 Å². The minimum Gasteiger partial charge on any atom is -0.379 e. The van der Waals surface area contributed by atoms with Gasteiger partial charge >= 0.3 is 0 Å². The number of halogens is 1. The van der Waals surface area contributed by atoms with Gasteiger partial charge in [0.1, 0.15) is 0 Å². The summed E-state index contributed by atoms with van der Waals surface area (Å²) in [6.07, 6.45) is 2.15. The molecule has 0 radical (unpaired) electrons. The van der Waals surface area contributed by atoms with Crippen LogP contribution in [0.4, 0.5) is 0 Å². The number of nitrogens with one attached hydrogen (secondary N) is 2. The second-order valence-electron chi connectivity index (χ2n) is 7.99. The topological polar surface area (TPSA) is 74.9 Å². The smallest absolute Gasteiger partial charge is 0.191 e. The van der Waals surface area contributed by atoms with Crippen molar-refractivity contribution in [1.82, 2.24) is 20.7 Å². The third kappa shape index (κ3) is 8.37. The Bertz CT molecular complexity index is 799. The molecule has 0 bridgehead atoms. The van der Waals surface area contributed by atoms with Crippen molar-refractivity contribution in [3.63, 3.8) is 0 Å². The predicted molar refractivity (Wildman–Crippen MR) is 139 cm³/mol. The highest BCUT2D eigenvalue weighted by atomic mass is 127. The third-order valence-electron chi connectivity index (χ3n) is 5.71. The molecule has 2 aromatic rings. The van der Waals surface area contributed by atoms with Gasteiger partial charge < -0.3 is 19.9 Å². The molecule has 0 amide bonds. The maximum absolute atomic E-state index is 5.51. The quantitative estimate of drug-likeness (QED) is 0.259. The fourth-order valence-electron chi connectivity index (χ4n) is 3.76. The Morgan fingerprint density at radius 2 is 1.75 bits per heavy atom. The molecule has 7 nitrogen and oxygen atoms in total. The van der Waals surface area contributed by atoms with Crippen molar-refractivity contribution in [3.05, 3.63) is 52.9 Å². The molecular weight excluding hydrogens is 517 g/mol. The fourth-order valence-corrected chi connectivity index (χ4v) is 3.76. The molecule has 0 spiro atoms. The van der Waals surface area contributed by atoms with Crippen molar-refractivity contribution in [1.29, 1.82) is 0 Å². The summed E-state index contributed by atoms with van der Waals surface area (Å²) in [5.41, 5.74) is 3.57. The molecule has 1 aliphatic rings. The van der Waals surface area contributed by atoms with Gasteiger partial charge in [-0.05, 0) is 30.9 Å². The number of morpholine rings is 1. The van der Waals surface area contributed by atoms with E-state index in [1.54, 1.807) is 0 Å². The zero-order chi connectivity index (χ0) is 21.9. The highest BCUT2D eigenvalue weighted by Gasteiger charge is 2.13. The lowest BCUT2D eigenvalue weighted by atomic mass is 9.99. The molecule has 32 heavy (non-hydrogen) atoms. The van der Waals surface area contributed by atoms with E-state index in [9.17, 15) is 0 Å². The Morgan fingerprint density at radius 1 is 1.06 bits per heavy atom. The van der Waals surface area contributed by atoms with Crippen LogP contribution in [0.1, 0.15) is 62.1 Å². The maximum Gasteiger partial charge on any atom is 0.191 e. The maximum atomic E-state index is 5.51. The van der Waals surface area contributed by atoms with Crippen LogP contribution in [0.5, 0.6) is 0 Å². The van der Waals surface area contributed by atoms with Crippen LogP contribution in [0.15, 0.2) is 39.8 Å². The molecule has 178 valence electrons. The van der Waals surface area contributed by atoms with Crippen LogP contribution in [-0.4, -0.2) is 48.9 Å². The van der Waals surface area contributed by atoms with Gasteiger partial charge in [0.15, 0.2) is 11.7 Å². The van der Waals surface area contributed by atoms with Gasteiger partial charge in [-0.1, -0.05) is 43.3 Å². The van der Waals surface area contributed by atoms with Crippen LogP contribution >= 0.6 is 24.0 Å². The predicted octanol–water partition coefficient (Wildman–Crippen LogP) is 4.28. The molecule has 1 fully saturated rings. The van der Waals surface area contributed by atoms with E-state index >= 15 is 0 Å². The first kappa shape index (κ1) is 26.6. The highest BCUT2D eigenvalue weighted by Crippen LogP contribution is 2.22. The van der Waals surface area contributed by atoms with E-state index in [1.165, 1.54) is 11.1 Å². The molecule has 1 aromatic heterocycles. The molecule has 0 unspecified atom stereocenters. The summed E-state index contributed by atoms with van der Waals surface area (Å²) in [4.78, 5) is 7.16. The first-order valence-corrected chi connectivity index (χ1v) is 11.6. The number of hydrogen-bond donors (Lipinski definition) is 2. The number of aliphatic imine (C=N–C) groups is 1.